The van der Waals surface area contributed by atoms with Crippen molar-refractivity contribution in [2.75, 3.05) is 6.54 Å². The lowest BCUT2D eigenvalue weighted by molar-refractivity contribution is 0.763. The molecular formula is C9H8BrClN2. The molecule has 1 aromatic rings. The molecule has 0 unspecified atom stereocenters. The third-order valence-electron chi connectivity index (χ3n) is 1.53. The lowest BCUT2D eigenvalue weighted by Gasteiger charge is -2.04. The molecule has 0 aliphatic carbocycles. The van der Waals surface area contributed by atoms with E-state index in [0.717, 1.165) is 10.0 Å². The fourth-order valence-corrected chi connectivity index (χ4v) is 1.51. The Kier molecular flexibility index (Phi) is 4.23. The van der Waals surface area contributed by atoms with Gasteiger partial charge in [0.25, 0.3) is 0 Å². The fraction of sp³-hybridized carbons (Fsp3) is 0.222. The van der Waals surface area contributed by atoms with Crippen LogP contribution in [0.5, 0.6) is 0 Å². The molecule has 0 saturated heterocycles. The van der Waals surface area contributed by atoms with Gasteiger partial charge in [0.1, 0.15) is 0 Å². The van der Waals surface area contributed by atoms with E-state index in [4.69, 9.17) is 16.9 Å². The average molecular weight is 260 g/mol. The molecule has 0 fully saturated rings. The van der Waals surface area contributed by atoms with Gasteiger partial charge in [0.15, 0.2) is 0 Å². The molecule has 0 radical (unpaired) electrons. The zero-order valence-corrected chi connectivity index (χ0v) is 9.19. The molecule has 13 heavy (non-hydrogen) atoms. The quantitative estimate of drug-likeness (QED) is 0.669. The van der Waals surface area contributed by atoms with E-state index in [2.05, 4.69) is 21.2 Å². The Morgan fingerprint density at radius 1 is 1.54 bits per heavy atom. The van der Waals surface area contributed by atoms with E-state index in [-0.39, 0.29) is 0 Å². The summed E-state index contributed by atoms with van der Waals surface area (Å²) < 4.78 is 1.00. The molecule has 0 heterocycles. The van der Waals surface area contributed by atoms with E-state index in [1.807, 2.05) is 24.3 Å². The first-order chi connectivity index (χ1) is 6.24. The molecule has 0 aliphatic heterocycles. The highest BCUT2D eigenvalue weighted by atomic mass is 79.9. The maximum atomic E-state index is 8.32. The number of nitriles is 1. The van der Waals surface area contributed by atoms with Crippen LogP contribution in [0.4, 0.5) is 0 Å². The van der Waals surface area contributed by atoms with Crippen molar-refractivity contribution in [1.29, 1.82) is 5.26 Å². The predicted molar refractivity (Wildman–Crippen MR) is 56.5 cm³/mol. The summed E-state index contributed by atoms with van der Waals surface area (Å²) in [6.45, 7) is 0.994. The largest absolute Gasteiger partial charge is 0.300 e. The predicted octanol–water partition coefficient (Wildman–Crippen LogP) is 2.72. The number of nitrogens with zero attached hydrogens (tertiary/aromatic N) is 1. The van der Waals surface area contributed by atoms with Crippen LogP contribution in [0.1, 0.15) is 5.56 Å². The van der Waals surface area contributed by atoms with Crippen molar-refractivity contribution in [3.05, 3.63) is 33.3 Å². The van der Waals surface area contributed by atoms with Crippen molar-refractivity contribution in [3.63, 3.8) is 0 Å². The molecule has 0 aliphatic rings. The third kappa shape index (κ3) is 3.35. The minimum atomic E-state index is 0.346. The number of benzene rings is 1. The highest BCUT2D eigenvalue weighted by Crippen LogP contribution is 2.20. The summed E-state index contributed by atoms with van der Waals surface area (Å²) >= 11 is 9.22. The second-order valence-electron chi connectivity index (χ2n) is 2.50. The van der Waals surface area contributed by atoms with Gasteiger partial charge in [-0.05, 0) is 23.8 Å². The van der Waals surface area contributed by atoms with Gasteiger partial charge in [-0.25, -0.2) is 0 Å². The van der Waals surface area contributed by atoms with Crippen LogP contribution in [-0.2, 0) is 6.54 Å². The van der Waals surface area contributed by atoms with E-state index in [1.54, 1.807) is 0 Å². The highest BCUT2D eigenvalue weighted by Gasteiger charge is 1.99. The van der Waals surface area contributed by atoms with E-state index >= 15 is 0 Å². The van der Waals surface area contributed by atoms with Crippen LogP contribution in [0.15, 0.2) is 22.7 Å². The Hall–Kier alpha value is -0.560. The van der Waals surface area contributed by atoms with Crippen molar-refractivity contribution in [2.45, 2.75) is 6.54 Å². The van der Waals surface area contributed by atoms with Crippen LogP contribution >= 0.6 is 27.5 Å². The zero-order chi connectivity index (χ0) is 9.68. The minimum Gasteiger partial charge on any atom is -0.300 e. The second kappa shape index (κ2) is 5.23. The van der Waals surface area contributed by atoms with E-state index in [1.165, 1.54) is 0 Å². The van der Waals surface area contributed by atoms with Gasteiger partial charge in [0.2, 0.25) is 0 Å². The Morgan fingerprint density at radius 3 is 3.00 bits per heavy atom. The minimum absolute atomic E-state index is 0.346. The number of hydrogen-bond acceptors (Lipinski definition) is 2. The average Bonchev–Trinajstić information content (AvgIpc) is 2.11. The van der Waals surface area contributed by atoms with Crippen LogP contribution < -0.4 is 5.32 Å². The molecule has 1 N–H and O–H groups in total. The second-order valence-corrected chi connectivity index (χ2v) is 3.79. The smallest absolute Gasteiger partial charge is 0.0843 e. The Morgan fingerprint density at radius 2 is 2.31 bits per heavy atom. The standard InChI is InChI=1S/C9H8BrClN2/c10-9-2-1-8(11)5-7(9)6-13-4-3-12/h1-2,5,13H,4,6H2. The number of nitrogens with one attached hydrogen (secondary N) is 1. The number of halogens is 2. The topological polar surface area (TPSA) is 35.8 Å². The third-order valence-corrected chi connectivity index (χ3v) is 2.54. The van der Waals surface area contributed by atoms with Crippen molar-refractivity contribution in [3.8, 4) is 6.07 Å². The van der Waals surface area contributed by atoms with Crippen LogP contribution in [-0.4, -0.2) is 6.54 Å². The van der Waals surface area contributed by atoms with E-state index < -0.39 is 0 Å². The maximum absolute atomic E-state index is 8.32. The molecule has 0 amide bonds. The lowest BCUT2D eigenvalue weighted by Crippen LogP contribution is -2.13. The van der Waals surface area contributed by atoms with Crippen molar-refractivity contribution in [1.82, 2.24) is 5.32 Å². The molecule has 1 aromatic carbocycles. The summed E-state index contributed by atoms with van der Waals surface area (Å²) in [4.78, 5) is 0. The van der Waals surface area contributed by atoms with Gasteiger partial charge < -0.3 is 5.32 Å². The first-order valence-corrected chi connectivity index (χ1v) is 4.92. The number of hydrogen-bond donors (Lipinski definition) is 1. The van der Waals surface area contributed by atoms with Crippen LogP contribution in [0, 0.1) is 11.3 Å². The molecule has 0 saturated carbocycles. The van der Waals surface area contributed by atoms with Crippen LogP contribution in [0.2, 0.25) is 5.02 Å². The Labute approximate surface area is 90.6 Å². The molecule has 0 atom stereocenters. The highest BCUT2D eigenvalue weighted by molar-refractivity contribution is 9.10. The Bertz CT molecular complexity index is 333. The monoisotopic (exact) mass is 258 g/mol. The van der Waals surface area contributed by atoms with Gasteiger partial charge in [-0.15, -0.1) is 0 Å². The Balaban J connectivity index is 2.65. The van der Waals surface area contributed by atoms with Crippen LogP contribution in [0.3, 0.4) is 0 Å². The summed E-state index contributed by atoms with van der Waals surface area (Å²) in [6.07, 6.45) is 0. The van der Waals surface area contributed by atoms with E-state index in [0.29, 0.717) is 18.1 Å². The summed E-state index contributed by atoms with van der Waals surface area (Å²) in [5.41, 5.74) is 1.06. The van der Waals surface area contributed by atoms with Gasteiger partial charge in [-0.3, -0.25) is 0 Å². The van der Waals surface area contributed by atoms with Crippen molar-refractivity contribution in [2.24, 2.45) is 0 Å². The molecule has 0 aromatic heterocycles. The first kappa shape index (κ1) is 10.5. The summed E-state index contributed by atoms with van der Waals surface area (Å²) in [7, 11) is 0. The zero-order valence-electron chi connectivity index (χ0n) is 6.85. The van der Waals surface area contributed by atoms with Gasteiger partial charge in [-0.1, -0.05) is 27.5 Å². The van der Waals surface area contributed by atoms with Gasteiger partial charge >= 0.3 is 0 Å². The molecule has 2 nitrogen and oxygen atoms in total. The molecule has 68 valence electrons. The molecule has 4 heteroatoms. The molecule has 0 spiro atoms. The summed E-state index contributed by atoms with van der Waals surface area (Å²) in [5.74, 6) is 0. The summed E-state index contributed by atoms with van der Waals surface area (Å²) in [5, 5.41) is 12.0. The normalized spacial score (nSPS) is 9.62. The molecule has 1 rings (SSSR count). The van der Waals surface area contributed by atoms with Crippen LogP contribution in [0.25, 0.3) is 0 Å². The fourth-order valence-electron chi connectivity index (χ4n) is 0.932. The van der Waals surface area contributed by atoms with E-state index in [9.17, 15) is 0 Å². The van der Waals surface area contributed by atoms with Crippen molar-refractivity contribution >= 4 is 27.5 Å². The lowest BCUT2D eigenvalue weighted by atomic mass is 10.2. The summed E-state index contributed by atoms with van der Waals surface area (Å²) in [6, 6.07) is 7.60. The SMILES string of the molecule is N#CCNCc1cc(Cl)ccc1Br. The molecule has 0 bridgehead atoms. The maximum Gasteiger partial charge on any atom is 0.0843 e. The molecular weight excluding hydrogens is 251 g/mol. The number of rotatable bonds is 3. The van der Waals surface area contributed by atoms with Crippen molar-refractivity contribution < 1.29 is 0 Å². The first-order valence-electron chi connectivity index (χ1n) is 3.75. The van der Waals surface area contributed by atoms with Gasteiger partial charge in [0, 0.05) is 16.0 Å². The van der Waals surface area contributed by atoms with Gasteiger partial charge in [0.05, 0.1) is 12.6 Å². The van der Waals surface area contributed by atoms with Gasteiger partial charge in [-0.2, -0.15) is 5.26 Å².